The van der Waals surface area contributed by atoms with E-state index >= 15 is 0 Å². The lowest BCUT2D eigenvalue weighted by atomic mass is 10.2. The number of anilines is 2. The molecule has 2 rings (SSSR count). The van der Waals surface area contributed by atoms with Gasteiger partial charge in [-0.25, -0.2) is 0 Å². The van der Waals surface area contributed by atoms with Crippen molar-refractivity contribution in [2.45, 2.75) is 26.7 Å². The van der Waals surface area contributed by atoms with Crippen LogP contribution in [-0.2, 0) is 0 Å². The van der Waals surface area contributed by atoms with E-state index in [9.17, 15) is 4.79 Å². The smallest absolute Gasteiger partial charge is 0.256 e. The van der Waals surface area contributed by atoms with Crippen LogP contribution in [0.1, 0.15) is 37.0 Å². The van der Waals surface area contributed by atoms with Crippen LogP contribution < -0.4 is 10.2 Å². The molecule has 1 amide bonds. The second-order valence-corrected chi connectivity index (χ2v) is 5.08. The number of hydrogen-bond donors (Lipinski definition) is 1. The van der Waals surface area contributed by atoms with E-state index in [1.165, 1.54) is 0 Å². The Morgan fingerprint density at radius 1 is 1.00 bits per heavy atom. The van der Waals surface area contributed by atoms with E-state index in [-0.39, 0.29) is 5.91 Å². The number of benzene rings is 1. The molecule has 0 saturated heterocycles. The van der Waals surface area contributed by atoms with Gasteiger partial charge in [-0.15, -0.1) is 10.2 Å². The third kappa shape index (κ3) is 4.28. The summed E-state index contributed by atoms with van der Waals surface area (Å²) in [4.78, 5) is 14.3. The van der Waals surface area contributed by atoms with Gasteiger partial charge in [0, 0.05) is 18.7 Å². The van der Waals surface area contributed by atoms with Crippen molar-refractivity contribution in [1.82, 2.24) is 10.2 Å². The first-order valence-corrected chi connectivity index (χ1v) is 7.69. The molecule has 1 heterocycles. The van der Waals surface area contributed by atoms with Crippen molar-refractivity contribution < 1.29 is 4.79 Å². The second-order valence-electron chi connectivity index (χ2n) is 5.08. The first kappa shape index (κ1) is 15.9. The topological polar surface area (TPSA) is 58.1 Å². The predicted molar refractivity (Wildman–Crippen MR) is 89.2 cm³/mol. The molecule has 1 aromatic heterocycles. The molecular weight excluding hydrogens is 276 g/mol. The highest BCUT2D eigenvalue weighted by Gasteiger charge is 2.09. The Bertz CT molecular complexity index is 577. The number of carbonyl (C=O) groups excluding carboxylic acids is 1. The molecule has 22 heavy (non-hydrogen) atoms. The van der Waals surface area contributed by atoms with Crippen molar-refractivity contribution >= 4 is 17.5 Å². The quantitative estimate of drug-likeness (QED) is 0.851. The van der Waals surface area contributed by atoms with Crippen LogP contribution in [-0.4, -0.2) is 29.2 Å². The Balaban J connectivity index is 2.03. The summed E-state index contributed by atoms with van der Waals surface area (Å²) in [5.41, 5.74) is 0.604. The third-order valence-corrected chi connectivity index (χ3v) is 3.24. The van der Waals surface area contributed by atoms with E-state index in [0.29, 0.717) is 11.4 Å². The zero-order chi connectivity index (χ0) is 15.8. The minimum absolute atomic E-state index is 0.179. The Kier molecular flexibility index (Phi) is 5.89. The van der Waals surface area contributed by atoms with Gasteiger partial charge in [-0.2, -0.15) is 0 Å². The maximum absolute atomic E-state index is 12.0. The van der Waals surface area contributed by atoms with Crippen molar-refractivity contribution in [2.75, 3.05) is 23.3 Å². The summed E-state index contributed by atoms with van der Waals surface area (Å²) in [6, 6.07) is 12.8. The molecule has 1 aromatic carbocycles. The van der Waals surface area contributed by atoms with Crippen LogP contribution in [0, 0.1) is 0 Å². The van der Waals surface area contributed by atoms with E-state index in [1.54, 1.807) is 18.2 Å². The lowest BCUT2D eigenvalue weighted by molar-refractivity contribution is 0.102. The highest BCUT2D eigenvalue weighted by atomic mass is 16.1. The number of hydrogen-bond acceptors (Lipinski definition) is 4. The van der Waals surface area contributed by atoms with Gasteiger partial charge >= 0.3 is 0 Å². The molecule has 0 aliphatic heterocycles. The predicted octanol–water partition coefficient (Wildman–Crippen LogP) is 3.36. The summed E-state index contributed by atoms with van der Waals surface area (Å²) in [6.45, 7) is 6.20. The minimum atomic E-state index is -0.179. The summed E-state index contributed by atoms with van der Waals surface area (Å²) >= 11 is 0. The van der Waals surface area contributed by atoms with Crippen molar-refractivity contribution in [3.05, 3.63) is 48.0 Å². The number of carbonyl (C=O) groups is 1. The summed E-state index contributed by atoms with van der Waals surface area (Å²) in [5, 5.41) is 11.1. The van der Waals surface area contributed by atoms with E-state index in [0.717, 1.165) is 31.7 Å². The number of nitrogens with zero attached hydrogens (tertiary/aromatic N) is 3. The Labute approximate surface area is 131 Å². The van der Waals surface area contributed by atoms with Crippen molar-refractivity contribution in [2.24, 2.45) is 0 Å². The van der Waals surface area contributed by atoms with E-state index in [4.69, 9.17) is 0 Å². The summed E-state index contributed by atoms with van der Waals surface area (Å²) < 4.78 is 0. The van der Waals surface area contributed by atoms with Gasteiger partial charge in [0.2, 0.25) is 0 Å². The lowest BCUT2D eigenvalue weighted by Gasteiger charge is -2.21. The number of rotatable bonds is 7. The van der Waals surface area contributed by atoms with E-state index in [2.05, 4.69) is 34.3 Å². The molecule has 0 saturated carbocycles. The molecule has 5 heteroatoms. The van der Waals surface area contributed by atoms with Crippen molar-refractivity contribution in [3.8, 4) is 0 Å². The number of amides is 1. The monoisotopic (exact) mass is 298 g/mol. The molecule has 0 atom stereocenters. The van der Waals surface area contributed by atoms with E-state index < -0.39 is 0 Å². The van der Waals surface area contributed by atoms with Crippen LogP contribution in [0.5, 0.6) is 0 Å². The fourth-order valence-electron chi connectivity index (χ4n) is 2.22. The highest BCUT2D eigenvalue weighted by Crippen LogP contribution is 2.13. The molecule has 0 radical (unpaired) electrons. The molecule has 0 unspecified atom stereocenters. The Morgan fingerprint density at radius 2 is 1.68 bits per heavy atom. The van der Waals surface area contributed by atoms with Crippen LogP contribution in [0.2, 0.25) is 0 Å². The maximum atomic E-state index is 12.0. The fraction of sp³-hybridized carbons (Fsp3) is 0.353. The number of aromatic nitrogens is 2. The zero-order valence-corrected chi connectivity index (χ0v) is 13.1. The SMILES string of the molecule is CCCN(CCC)c1ccc(NC(=O)c2ccccc2)nn1. The first-order chi connectivity index (χ1) is 10.7. The van der Waals surface area contributed by atoms with Gasteiger partial charge < -0.3 is 10.2 Å². The number of nitrogens with one attached hydrogen (secondary N) is 1. The third-order valence-electron chi connectivity index (χ3n) is 3.24. The summed E-state index contributed by atoms with van der Waals surface area (Å²) in [7, 11) is 0. The standard InChI is InChI=1S/C17H22N4O/c1-3-12-21(13-4-2)16-11-10-15(19-20-16)18-17(22)14-8-6-5-7-9-14/h5-11H,3-4,12-13H2,1-2H3,(H,18,19,22). The van der Waals surface area contributed by atoms with E-state index in [1.807, 2.05) is 24.3 Å². The largest absolute Gasteiger partial charge is 0.355 e. The molecule has 0 fully saturated rings. The van der Waals surface area contributed by atoms with Crippen molar-refractivity contribution in [1.29, 1.82) is 0 Å². The Morgan fingerprint density at radius 3 is 2.23 bits per heavy atom. The minimum Gasteiger partial charge on any atom is -0.355 e. The average Bonchev–Trinajstić information content (AvgIpc) is 2.56. The van der Waals surface area contributed by atoms with Gasteiger partial charge in [0.25, 0.3) is 5.91 Å². The van der Waals surface area contributed by atoms with Crippen LogP contribution >= 0.6 is 0 Å². The maximum Gasteiger partial charge on any atom is 0.256 e. The van der Waals surface area contributed by atoms with Crippen molar-refractivity contribution in [3.63, 3.8) is 0 Å². The molecule has 2 aromatic rings. The summed E-state index contributed by atoms with van der Waals surface area (Å²) in [5.74, 6) is 1.13. The van der Waals surface area contributed by atoms with Gasteiger partial charge in [-0.3, -0.25) is 4.79 Å². The fourth-order valence-corrected chi connectivity index (χ4v) is 2.22. The molecule has 0 aliphatic carbocycles. The van der Waals surface area contributed by atoms with Gasteiger partial charge in [0.15, 0.2) is 11.6 Å². The highest BCUT2D eigenvalue weighted by molar-refractivity contribution is 6.03. The molecule has 5 nitrogen and oxygen atoms in total. The van der Waals surface area contributed by atoms with Gasteiger partial charge in [0.1, 0.15) is 0 Å². The van der Waals surface area contributed by atoms with Gasteiger partial charge in [-0.1, -0.05) is 32.0 Å². The lowest BCUT2D eigenvalue weighted by Crippen LogP contribution is -2.26. The Hall–Kier alpha value is -2.43. The van der Waals surface area contributed by atoms with Crippen LogP contribution in [0.15, 0.2) is 42.5 Å². The molecule has 1 N–H and O–H groups in total. The van der Waals surface area contributed by atoms with Crippen LogP contribution in [0.25, 0.3) is 0 Å². The molecule has 116 valence electrons. The second kappa shape index (κ2) is 8.12. The molecule has 0 aliphatic rings. The normalized spacial score (nSPS) is 10.3. The molecule has 0 spiro atoms. The molecule has 0 bridgehead atoms. The zero-order valence-electron chi connectivity index (χ0n) is 13.1. The molecular formula is C17H22N4O. The van der Waals surface area contributed by atoms with Crippen LogP contribution in [0.3, 0.4) is 0 Å². The van der Waals surface area contributed by atoms with Crippen LogP contribution in [0.4, 0.5) is 11.6 Å². The van der Waals surface area contributed by atoms with Gasteiger partial charge in [0.05, 0.1) is 0 Å². The summed E-state index contributed by atoms with van der Waals surface area (Å²) in [6.07, 6.45) is 2.13. The average molecular weight is 298 g/mol. The van der Waals surface area contributed by atoms with Gasteiger partial charge in [-0.05, 0) is 37.1 Å². The first-order valence-electron chi connectivity index (χ1n) is 7.69.